The molecule has 3 aromatic carbocycles. The minimum Gasteiger partial charge on any atom is -0.343 e. The molecule has 1 N–H and O–H groups in total. The number of halogens is 3. The molecule has 0 saturated heterocycles. The molecule has 0 aliphatic rings. The first kappa shape index (κ1) is 24.4. The van der Waals surface area contributed by atoms with Gasteiger partial charge in [-0.3, -0.25) is 4.79 Å². The van der Waals surface area contributed by atoms with E-state index in [9.17, 15) is 9.18 Å². The molecular formula is C27H23Cl2FN2OS. The highest BCUT2D eigenvalue weighted by Gasteiger charge is 2.19. The van der Waals surface area contributed by atoms with Gasteiger partial charge in [-0.25, -0.2) is 4.39 Å². The van der Waals surface area contributed by atoms with Crippen LogP contribution in [0.1, 0.15) is 21.6 Å². The van der Waals surface area contributed by atoms with Crippen LogP contribution in [-0.2, 0) is 12.3 Å². The zero-order valence-corrected chi connectivity index (χ0v) is 20.9. The Labute approximate surface area is 212 Å². The summed E-state index contributed by atoms with van der Waals surface area (Å²) in [6.45, 7) is 2.61. The van der Waals surface area contributed by atoms with Crippen LogP contribution in [0.25, 0.3) is 11.3 Å². The van der Waals surface area contributed by atoms with Gasteiger partial charge in [0.05, 0.1) is 5.56 Å². The molecule has 0 spiro atoms. The van der Waals surface area contributed by atoms with Crippen LogP contribution in [0.4, 0.5) is 10.1 Å². The molecule has 34 heavy (non-hydrogen) atoms. The highest BCUT2D eigenvalue weighted by molar-refractivity contribution is 7.98. The van der Waals surface area contributed by atoms with Crippen LogP contribution in [0.15, 0.2) is 78.9 Å². The molecule has 0 atom stereocenters. The molecule has 3 nitrogen and oxygen atoms in total. The third-order valence-corrected chi connectivity index (χ3v) is 7.12. The maximum Gasteiger partial charge on any atom is 0.257 e. The Morgan fingerprint density at radius 1 is 1.00 bits per heavy atom. The molecule has 0 radical (unpaired) electrons. The molecule has 0 aliphatic carbocycles. The van der Waals surface area contributed by atoms with Crippen molar-refractivity contribution >= 4 is 46.6 Å². The fraction of sp³-hybridized carbons (Fsp3) is 0.148. The summed E-state index contributed by atoms with van der Waals surface area (Å²) in [5, 5.41) is 4.00. The highest BCUT2D eigenvalue weighted by Crippen LogP contribution is 2.29. The minimum absolute atomic E-state index is 0.179. The first-order valence-corrected chi connectivity index (χ1v) is 12.7. The SMILES string of the molecule is Cc1c(C(=O)Nc2ccc(Cl)cc2)cc(-c2ccccc2)n1CCSCc1c(F)cccc1Cl. The number of nitrogens with one attached hydrogen (secondary N) is 1. The fourth-order valence-electron chi connectivity index (χ4n) is 3.74. The van der Waals surface area contributed by atoms with Gasteiger partial charge in [0.2, 0.25) is 0 Å². The van der Waals surface area contributed by atoms with Gasteiger partial charge in [0.25, 0.3) is 5.91 Å². The largest absolute Gasteiger partial charge is 0.343 e. The summed E-state index contributed by atoms with van der Waals surface area (Å²) in [6.07, 6.45) is 0. The smallest absolute Gasteiger partial charge is 0.257 e. The molecule has 174 valence electrons. The van der Waals surface area contributed by atoms with Crippen molar-refractivity contribution in [2.24, 2.45) is 0 Å². The van der Waals surface area contributed by atoms with Crippen molar-refractivity contribution in [3.05, 3.63) is 112 Å². The second kappa shape index (κ2) is 11.1. The van der Waals surface area contributed by atoms with E-state index in [1.54, 1.807) is 48.2 Å². The summed E-state index contributed by atoms with van der Waals surface area (Å²) in [6, 6.07) is 23.7. The van der Waals surface area contributed by atoms with Crippen molar-refractivity contribution in [3.63, 3.8) is 0 Å². The number of rotatable bonds is 8. The molecule has 4 aromatic rings. The molecule has 0 unspecified atom stereocenters. The van der Waals surface area contributed by atoms with Gasteiger partial charge in [0, 0.05) is 50.7 Å². The number of nitrogens with zero attached hydrogens (tertiary/aromatic N) is 1. The predicted octanol–water partition coefficient (Wildman–Crippen LogP) is 8.10. The maximum atomic E-state index is 14.1. The molecule has 7 heteroatoms. The van der Waals surface area contributed by atoms with E-state index in [4.69, 9.17) is 23.2 Å². The zero-order valence-electron chi connectivity index (χ0n) is 18.5. The van der Waals surface area contributed by atoms with Gasteiger partial charge in [0.1, 0.15) is 5.82 Å². The van der Waals surface area contributed by atoms with E-state index in [2.05, 4.69) is 9.88 Å². The van der Waals surface area contributed by atoms with Crippen molar-refractivity contribution in [2.75, 3.05) is 11.1 Å². The number of carbonyl (C=O) groups is 1. The molecule has 1 amide bonds. The number of thioether (sulfide) groups is 1. The third kappa shape index (κ3) is 5.66. The summed E-state index contributed by atoms with van der Waals surface area (Å²) in [7, 11) is 0. The second-order valence-electron chi connectivity index (χ2n) is 7.76. The molecule has 0 fully saturated rings. The lowest BCUT2D eigenvalue weighted by atomic mass is 10.1. The lowest BCUT2D eigenvalue weighted by Crippen LogP contribution is -2.13. The van der Waals surface area contributed by atoms with Crippen molar-refractivity contribution in [1.82, 2.24) is 4.57 Å². The Morgan fingerprint density at radius 2 is 1.74 bits per heavy atom. The number of hydrogen-bond acceptors (Lipinski definition) is 2. The number of anilines is 1. The Kier molecular flexibility index (Phi) is 7.99. The number of benzene rings is 3. The number of amides is 1. The summed E-state index contributed by atoms with van der Waals surface area (Å²) >= 11 is 13.7. The van der Waals surface area contributed by atoms with Crippen molar-refractivity contribution in [3.8, 4) is 11.3 Å². The third-order valence-electron chi connectivity index (χ3n) is 5.55. The van der Waals surface area contributed by atoms with Gasteiger partial charge in [-0.15, -0.1) is 0 Å². The number of aromatic nitrogens is 1. The van der Waals surface area contributed by atoms with Gasteiger partial charge in [-0.05, 0) is 55.0 Å². The molecule has 0 saturated carbocycles. The van der Waals surface area contributed by atoms with Crippen LogP contribution in [0.2, 0.25) is 10.0 Å². The Hall–Kier alpha value is -2.73. The number of carbonyl (C=O) groups excluding carboxylic acids is 1. The average molecular weight is 513 g/mol. The van der Waals surface area contributed by atoms with Gasteiger partial charge < -0.3 is 9.88 Å². The molecule has 0 bridgehead atoms. The summed E-state index contributed by atoms with van der Waals surface area (Å²) in [5.74, 6) is 0.749. The maximum absolute atomic E-state index is 14.1. The molecular weight excluding hydrogens is 490 g/mol. The molecule has 4 rings (SSSR count). The normalized spacial score (nSPS) is 10.9. The Morgan fingerprint density at radius 3 is 2.44 bits per heavy atom. The standard InChI is InChI=1S/C27H23Cl2FN2OS/c1-18-22(27(33)31-21-12-10-20(28)11-13-21)16-26(19-6-3-2-4-7-19)32(18)14-15-34-17-23-24(29)8-5-9-25(23)30/h2-13,16H,14-15,17H2,1H3,(H,31,33). The van der Waals surface area contributed by atoms with Crippen LogP contribution in [0.3, 0.4) is 0 Å². The summed E-state index contributed by atoms with van der Waals surface area (Å²) < 4.78 is 16.2. The van der Waals surface area contributed by atoms with Crippen LogP contribution >= 0.6 is 35.0 Å². The lowest BCUT2D eigenvalue weighted by molar-refractivity contribution is 0.102. The topological polar surface area (TPSA) is 34.0 Å². The van der Waals surface area contributed by atoms with Crippen LogP contribution in [0.5, 0.6) is 0 Å². The Bertz CT molecular complexity index is 1270. The van der Waals surface area contributed by atoms with Crippen molar-refractivity contribution in [1.29, 1.82) is 0 Å². The van der Waals surface area contributed by atoms with E-state index in [-0.39, 0.29) is 11.7 Å². The quantitative estimate of drug-likeness (QED) is 0.242. The van der Waals surface area contributed by atoms with E-state index in [1.165, 1.54) is 6.07 Å². The monoisotopic (exact) mass is 512 g/mol. The van der Waals surface area contributed by atoms with Gasteiger partial charge in [0.15, 0.2) is 0 Å². The first-order valence-electron chi connectivity index (χ1n) is 10.8. The minimum atomic E-state index is -0.289. The fourth-order valence-corrected chi connectivity index (χ4v) is 5.13. The Balaban J connectivity index is 1.54. The van der Waals surface area contributed by atoms with Crippen molar-refractivity contribution in [2.45, 2.75) is 19.2 Å². The van der Waals surface area contributed by atoms with Crippen molar-refractivity contribution < 1.29 is 9.18 Å². The lowest BCUT2D eigenvalue weighted by Gasteiger charge is -2.13. The molecule has 1 heterocycles. The van der Waals surface area contributed by atoms with Crippen LogP contribution < -0.4 is 5.32 Å². The van der Waals surface area contributed by atoms with Gasteiger partial charge in [-0.2, -0.15) is 11.8 Å². The van der Waals surface area contributed by atoms with Gasteiger partial charge in [-0.1, -0.05) is 59.6 Å². The van der Waals surface area contributed by atoms with Crippen LogP contribution in [-0.4, -0.2) is 16.2 Å². The molecule has 1 aromatic heterocycles. The zero-order chi connectivity index (χ0) is 24.1. The van der Waals surface area contributed by atoms with E-state index in [0.717, 1.165) is 22.7 Å². The van der Waals surface area contributed by atoms with E-state index in [0.29, 0.717) is 39.2 Å². The van der Waals surface area contributed by atoms with Gasteiger partial charge >= 0.3 is 0 Å². The molecule has 0 aliphatic heterocycles. The average Bonchev–Trinajstić information content (AvgIpc) is 3.16. The number of hydrogen-bond donors (Lipinski definition) is 1. The van der Waals surface area contributed by atoms with E-state index >= 15 is 0 Å². The summed E-state index contributed by atoms with van der Waals surface area (Å²) in [4.78, 5) is 13.1. The predicted molar refractivity (Wildman–Crippen MR) is 142 cm³/mol. The second-order valence-corrected chi connectivity index (χ2v) is 9.71. The highest BCUT2D eigenvalue weighted by atomic mass is 35.5. The summed E-state index contributed by atoms with van der Waals surface area (Å²) in [5.41, 5.74) is 4.66. The van der Waals surface area contributed by atoms with E-state index in [1.807, 2.05) is 43.3 Å². The first-order chi connectivity index (χ1) is 16.4. The van der Waals surface area contributed by atoms with E-state index < -0.39 is 0 Å². The van der Waals surface area contributed by atoms with Crippen LogP contribution in [0, 0.1) is 12.7 Å².